The fourth-order valence-electron chi connectivity index (χ4n) is 9.15. The SMILES string of the molecule is CC(C)(O)c1ccc(N2CCN(S(=O)(=O)c3cccs3)C[C@@H]2CN(C2CCC2)S(C)(=O)=O)cc1.CC(C)(O)c1ccc(N2CCN(S(=O)(=O)c3cccs3)C[C@@H]2CN(C2CCC2)S(C)(=O)=O)cc1. The van der Waals surface area contributed by atoms with Crippen LogP contribution < -0.4 is 9.80 Å². The van der Waals surface area contributed by atoms with Crippen LogP contribution in [0, 0.1) is 0 Å². The van der Waals surface area contributed by atoms with Crippen LogP contribution in [0.2, 0.25) is 0 Å². The lowest BCUT2D eigenvalue weighted by molar-refractivity contribution is 0.0780. The molecule has 4 aliphatic rings. The summed E-state index contributed by atoms with van der Waals surface area (Å²) in [6, 6.07) is 21.0. The normalized spacial score (nSPS) is 21.1. The van der Waals surface area contributed by atoms with Crippen LogP contribution in [0.1, 0.15) is 77.3 Å². The minimum absolute atomic E-state index is 0.0290. The van der Waals surface area contributed by atoms with Crippen LogP contribution in [-0.4, -0.2) is 150 Å². The molecule has 8 rings (SSSR count). The summed E-state index contributed by atoms with van der Waals surface area (Å²) in [5.74, 6) is 0. The molecule has 16 nitrogen and oxygen atoms in total. The van der Waals surface area contributed by atoms with E-state index >= 15 is 0 Å². The average molecular weight is 1060 g/mol. The highest BCUT2D eigenvalue weighted by Gasteiger charge is 2.42. The molecule has 4 heterocycles. The molecule has 2 aliphatic heterocycles. The summed E-state index contributed by atoms with van der Waals surface area (Å²) >= 11 is 2.38. The molecule has 2 atom stereocenters. The van der Waals surface area contributed by atoms with Crippen LogP contribution in [0.3, 0.4) is 0 Å². The van der Waals surface area contributed by atoms with Gasteiger partial charge in [-0.1, -0.05) is 49.2 Å². The van der Waals surface area contributed by atoms with Crippen molar-refractivity contribution >= 4 is 74.1 Å². The smallest absolute Gasteiger partial charge is 0.252 e. The minimum atomic E-state index is -3.64. The second-order valence-electron chi connectivity index (χ2n) is 19.3. The van der Waals surface area contributed by atoms with Gasteiger partial charge >= 0.3 is 0 Å². The van der Waals surface area contributed by atoms with Gasteiger partial charge in [0.2, 0.25) is 20.0 Å². The molecule has 0 unspecified atom stereocenters. The Kier molecular flexibility index (Phi) is 16.0. The Balaban J connectivity index is 0.000000201. The highest BCUT2D eigenvalue weighted by Crippen LogP contribution is 2.34. The Morgan fingerprint density at radius 2 is 0.882 bits per heavy atom. The molecule has 68 heavy (non-hydrogen) atoms. The van der Waals surface area contributed by atoms with Crippen LogP contribution in [0.25, 0.3) is 0 Å². The van der Waals surface area contributed by atoms with Gasteiger partial charge in [-0.05, 0) is 112 Å². The Labute approximate surface area is 412 Å². The quantitative estimate of drug-likeness (QED) is 0.147. The number of benzene rings is 2. The van der Waals surface area contributed by atoms with Gasteiger partial charge in [0, 0.05) is 75.8 Å². The molecule has 0 amide bonds. The first kappa shape index (κ1) is 52.8. The monoisotopic (exact) mass is 1050 g/mol. The molecule has 0 radical (unpaired) electrons. The third-order valence-electron chi connectivity index (χ3n) is 13.5. The zero-order valence-corrected chi connectivity index (χ0v) is 44.5. The van der Waals surface area contributed by atoms with E-state index in [4.69, 9.17) is 0 Å². The van der Waals surface area contributed by atoms with Gasteiger partial charge in [-0.15, -0.1) is 22.7 Å². The van der Waals surface area contributed by atoms with E-state index in [1.54, 1.807) is 71.3 Å². The third kappa shape index (κ3) is 12.2. The fourth-order valence-corrected chi connectivity index (χ4v) is 16.8. The van der Waals surface area contributed by atoms with Gasteiger partial charge in [-0.3, -0.25) is 0 Å². The number of anilines is 2. The highest BCUT2D eigenvalue weighted by atomic mass is 32.3. The van der Waals surface area contributed by atoms with Gasteiger partial charge in [-0.2, -0.15) is 17.2 Å². The average Bonchev–Trinajstić information content (AvgIpc) is 3.98. The molecule has 22 heteroatoms. The predicted octanol–water partition coefficient (Wildman–Crippen LogP) is 5.34. The molecule has 4 aromatic rings. The Hall–Kier alpha value is -3.00. The van der Waals surface area contributed by atoms with E-state index in [2.05, 4.69) is 9.80 Å². The number of rotatable bonds is 16. The molecule has 0 spiro atoms. The summed E-state index contributed by atoms with van der Waals surface area (Å²) < 4.78 is 110. The summed E-state index contributed by atoms with van der Waals surface area (Å²) in [7, 11) is -14.2. The van der Waals surface area contributed by atoms with Crippen molar-refractivity contribution in [1.29, 1.82) is 0 Å². The highest BCUT2D eigenvalue weighted by molar-refractivity contribution is 7.91. The molecule has 376 valence electrons. The second kappa shape index (κ2) is 20.6. The molecule has 2 aliphatic carbocycles. The van der Waals surface area contributed by atoms with Gasteiger partial charge in [-0.25, -0.2) is 33.7 Å². The van der Waals surface area contributed by atoms with Crippen molar-refractivity contribution in [2.24, 2.45) is 0 Å². The number of piperazine rings is 2. The number of aliphatic hydroxyl groups is 2. The number of thiophene rings is 2. The van der Waals surface area contributed by atoms with E-state index in [9.17, 15) is 43.9 Å². The molecule has 2 aromatic heterocycles. The maximum Gasteiger partial charge on any atom is 0.252 e. The van der Waals surface area contributed by atoms with Crippen molar-refractivity contribution in [3.8, 4) is 0 Å². The minimum Gasteiger partial charge on any atom is -0.386 e. The number of nitrogens with zero attached hydrogens (tertiary/aromatic N) is 6. The first-order valence-corrected chi connectivity index (χ1v) is 31.3. The third-order valence-corrected chi connectivity index (χ3v) is 22.6. The van der Waals surface area contributed by atoms with Gasteiger partial charge in [0.25, 0.3) is 20.0 Å². The summed E-state index contributed by atoms with van der Waals surface area (Å²) in [6.45, 7) is 9.27. The Bertz CT molecular complexity index is 2560. The van der Waals surface area contributed by atoms with E-state index in [1.165, 1.54) is 43.8 Å². The molecule has 4 fully saturated rings. The first-order chi connectivity index (χ1) is 31.7. The standard InChI is InChI=1S/2C23H33N3O5S3/c2*1-23(2,27)18-9-11-19(12-10-18)25-14-13-24(34(30,31)22-8-5-15-32-22)16-21(25)17-26(33(3,28)29)20-6-4-7-20/h2*5,8-12,15,20-21,27H,4,6-7,13-14,16-17H2,1-3H3/t2*21-/m11/s1. The lowest BCUT2D eigenvalue weighted by Crippen LogP contribution is -2.60. The lowest BCUT2D eigenvalue weighted by Gasteiger charge is -2.45. The van der Waals surface area contributed by atoms with Crippen LogP contribution in [0.4, 0.5) is 11.4 Å². The van der Waals surface area contributed by atoms with E-state index in [1.807, 2.05) is 48.5 Å². The lowest BCUT2D eigenvalue weighted by atomic mass is 9.93. The van der Waals surface area contributed by atoms with Crippen LogP contribution >= 0.6 is 22.7 Å². The van der Waals surface area contributed by atoms with Crippen LogP contribution in [-0.2, 0) is 51.3 Å². The first-order valence-electron chi connectivity index (χ1n) is 22.9. The zero-order valence-electron chi connectivity index (χ0n) is 39.6. The van der Waals surface area contributed by atoms with Crippen molar-refractivity contribution in [2.75, 3.05) is 74.7 Å². The molecule has 2 saturated heterocycles. The summed E-state index contributed by atoms with van der Waals surface area (Å²) in [5.41, 5.74) is 1.38. The summed E-state index contributed by atoms with van der Waals surface area (Å²) in [6.07, 6.45) is 7.79. The number of sulfonamides is 4. The van der Waals surface area contributed by atoms with Gasteiger partial charge in [0.1, 0.15) is 8.42 Å². The molecule has 0 bridgehead atoms. The van der Waals surface area contributed by atoms with E-state index in [0.29, 0.717) is 34.6 Å². The molecule has 2 N–H and O–H groups in total. The maximum atomic E-state index is 13.2. The predicted molar refractivity (Wildman–Crippen MR) is 270 cm³/mol. The molecule has 2 aromatic carbocycles. The largest absolute Gasteiger partial charge is 0.386 e. The fraction of sp³-hybridized carbons (Fsp3) is 0.565. The molecular weight excluding hydrogens is 989 g/mol. The van der Waals surface area contributed by atoms with Gasteiger partial charge in [0.15, 0.2) is 0 Å². The summed E-state index contributed by atoms with van der Waals surface area (Å²) in [5, 5.41) is 24.1. The van der Waals surface area contributed by atoms with E-state index in [-0.39, 0.29) is 50.3 Å². The van der Waals surface area contributed by atoms with Gasteiger partial charge in [0.05, 0.1) is 35.8 Å². The van der Waals surface area contributed by atoms with Gasteiger partial charge < -0.3 is 20.0 Å². The van der Waals surface area contributed by atoms with E-state index in [0.717, 1.165) is 61.0 Å². The molecule has 2 saturated carbocycles. The van der Waals surface area contributed by atoms with Crippen molar-refractivity contribution < 1.29 is 43.9 Å². The summed E-state index contributed by atoms with van der Waals surface area (Å²) in [4.78, 5) is 4.21. The van der Waals surface area contributed by atoms with Crippen molar-refractivity contribution in [2.45, 2.75) is 110 Å². The van der Waals surface area contributed by atoms with Crippen LogP contribution in [0.15, 0.2) is 92.0 Å². The molecular formula is C46H66N6O10S6. The van der Waals surface area contributed by atoms with Crippen molar-refractivity contribution in [3.63, 3.8) is 0 Å². The van der Waals surface area contributed by atoms with Crippen LogP contribution in [0.5, 0.6) is 0 Å². The number of hydrogen-bond donors (Lipinski definition) is 2. The second-order valence-corrected chi connectivity index (χ2v) is 29.4. The van der Waals surface area contributed by atoms with Crippen molar-refractivity contribution in [3.05, 3.63) is 94.7 Å². The number of hydrogen-bond acceptors (Lipinski definition) is 14. The Morgan fingerprint density at radius 3 is 1.13 bits per heavy atom. The van der Waals surface area contributed by atoms with Crippen molar-refractivity contribution in [1.82, 2.24) is 17.2 Å². The maximum absolute atomic E-state index is 13.2. The Morgan fingerprint density at radius 1 is 0.544 bits per heavy atom. The van der Waals surface area contributed by atoms with E-state index < -0.39 is 51.3 Å². The zero-order chi connectivity index (χ0) is 49.5. The topological polar surface area (TPSA) is 196 Å².